The summed E-state index contributed by atoms with van der Waals surface area (Å²) in [6.07, 6.45) is 3.63. The van der Waals surface area contributed by atoms with E-state index in [-0.39, 0.29) is 0 Å². The lowest BCUT2D eigenvalue weighted by Crippen LogP contribution is -2.37. The molecule has 2 rings (SSSR count). The summed E-state index contributed by atoms with van der Waals surface area (Å²) < 4.78 is 5.73. The average Bonchev–Trinajstić information content (AvgIpc) is 2.53. The Morgan fingerprint density at radius 3 is 2.62 bits per heavy atom. The number of aryl methyl sites for hydroxylation is 1. The van der Waals surface area contributed by atoms with Crippen LogP contribution >= 0.6 is 0 Å². The number of hydrogen-bond acceptors (Lipinski definition) is 4. The largest absolute Gasteiger partial charge is 0.378 e. The Balaban J connectivity index is 2.04. The lowest BCUT2D eigenvalue weighted by molar-refractivity contribution is 0.0458. The van der Waals surface area contributed by atoms with Gasteiger partial charge >= 0.3 is 0 Å². The third-order valence-corrected chi connectivity index (χ3v) is 4.03. The van der Waals surface area contributed by atoms with Crippen molar-refractivity contribution in [3.63, 3.8) is 0 Å². The summed E-state index contributed by atoms with van der Waals surface area (Å²) in [6, 6.07) is 4.46. The van der Waals surface area contributed by atoms with E-state index in [1.807, 2.05) is 0 Å². The third-order valence-electron chi connectivity index (χ3n) is 4.03. The van der Waals surface area contributed by atoms with E-state index in [2.05, 4.69) is 43.1 Å². The number of piperidine rings is 1. The van der Waals surface area contributed by atoms with E-state index in [0.717, 1.165) is 57.9 Å². The van der Waals surface area contributed by atoms with E-state index in [4.69, 9.17) is 9.72 Å². The van der Waals surface area contributed by atoms with Gasteiger partial charge in [0.15, 0.2) is 0 Å². The number of nitrogens with zero attached hydrogens (tertiary/aromatic N) is 2. The van der Waals surface area contributed by atoms with E-state index in [1.165, 1.54) is 11.3 Å². The molecule has 0 unspecified atom stereocenters. The van der Waals surface area contributed by atoms with Gasteiger partial charge in [-0.25, -0.2) is 4.98 Å². The lowest BCUT2D eigenvalue weighted by atomic mass is 10.1. The predicted molar refractivity (Wildman–Crippen MR) is 87.9 cm³/mol. The van der Waals surface area contributed by atoms with Crippen LogP contribution < -0.4 is 10.2 Å². The van der Waals surface area contributed by atoms with Gasteiger partial charge in [0.05, 0.1) is 6.10 Å². The van der Waals surface area contributed by atoms with Crippen LogP contribution in [0.2, 0.25) is 0 Å². The van der Waals surface area contributed by atoms with Gasteiger partial charge in [-0.3, -0.25) is 0 Å². The molecule has 2 heterocycles. The Morgan fingerprint density at radius 1 is 1.24 bits per heavy atom. The molecule has 0 atom stereocenters. The molecule has 4 nitrogen and oxygen atoms in total. The first-order valence-corrected chi connectivity index (χ1v) is 8.33. The van der Waals surface area contributed by atoms with Gasteiger partial charge in [0.2, 0.25) is 0 Å². The van der Waals surface area contributed by atoms with Crippen LogP contribution in [-0.4, -0.2) is 37.3 Å². The highest BCUT2D eigenvalue weighted by atomic mass is 16.5. The molecule has 1 aromatic heterocycles. The Bertz CT molecular complexity index is 428. The molecular formula is C17H29N3O. The first kappa shape index (κ1) is 16.2. The molecule has 4 heteroatoms. The number of anilines is 1. The van der Waals surface area contributed by atoms with Gasteiger partial charge in [0.25, 0.3) is 0 Å². The highest BCUT2D eigenvalue weighted by Gasteiger charge is 2.20. The predicted octanol–water partition coefficient (Wildman–Crippen LogP) is 2.76. The molecule has 1 fully saturated rings. The fourth-order valence-corrected chi connectivity index (χ4v) is 2.83. The van der Waals surface area contributed by atoms with Crippen molar-refractivity contribution in [2.24, 2.45) is 0 Å². The summed E-state index contributed by atoms with van der Waals surface area (Å²) in [5.74, 6) is 1.14. The fourth-order valence-electron chi connectivity index (χ4n) is 2.83. The van der Waals surface area contributed by atoms with Gasteiger partial charge in [-0.1, -0.05) is 13.8 Å². The van der Waals surface area contributed by atoms with E-state index in [0.29, 0.717) is 6.10 Å². The van der Waals surface area contributed by atoms with Crippen molar-refractivity contribution >= 4 is 5.82 Å². The van der Waals surface area contributed by atoms with Crippen LogP contribution in [0, 0.1) is 0 Å². The summed E-state index contributed by atoms with van der Waals surface area (Å²) in [7, 11) is 0. The highest BCUT2D eigenvalue weighted by Crippen LogP contribution is 2.21. The van der Waals surface area contributed by atoms with Crippen molar-refractivity contribution in [2.75, 3.05) is 31.1 Å². The first-order valence-electron chi connectivity index (χ1n) is 8.33. The molecule has 118 valence electrons. The molecule has 1 N–H and O–H groups in total. The minimum absolute atomic E-state index is 0.432. The fraction of sp³-hybridized carbons (Fsp3) is 0.706. The summed E-state index contributed by atoms with van der Waals surface area (Å²) in [6.45, 7) is 11.2. The topological polar surface area (TPSA) is 37.4 Å². The van der Waals surface area contributed by atoms with Gasteiger partial charge in [-0.15, -0.1) is 0 Å². The van der Waals surface area contributed by atoms with Crippen LogP contribution in [-0.2, 0) is 17.7 Å². The van der Waals surface area contributed by atoms with Gasteiger partial charge < -0.3 is 15.0 Å². The molecule has 0 bridgehead atoms. The molecule has 0 radical (unpaired) electrons. The second kappa shape index (κ2) is 8.35. The molecule has 1 aliphatic rings. The quantitative estimate of drug-likeness (QED) is 0.838. The van der Waals surface area contributed by atoms with E-state index < -0.39 is 0 Å². The first-order chi connectivity index (χ1) is 10.3. The second-order valence-corrected chi connectivity index (χ2v) is 5.60. The highest BCUT2D eigenvalue weighted by molar-refractivity contribution is 5.43. The number of pyridine rings is 1. The molecule has 21 heavy (non-hydrogen) atoms. The SMILES string of the molecule is CCNCc1cc(CC)nc(N2CCC(OCC)CC2)c1. The van der Waals surface area contributed by atoms with Gasteiger partial charge in [0, 0.05) is 31.9 Å². The average molecular weight is 291 g/mol. The maximum absolute atomic E-state index is 5.73. The number of nitrogens with one attached hydrogen (secondary N) is 1. The van der Waals surface area contributed by atoms with Crippen molar-refractivity contribution in [1.82, 2.24) is 10.3 Å². The smallest absolute Gasteiger partial charge is 0.129 e. The van der Waals surface area contributed by atoms with Crippen molar-refractivity contribution in [3.8, 4) is 0 Å². The number of ether oxygens (including phenoxy) is 1. The zero-order chi connectivity index (χ0) is 15.1. The van der Waals surface area contributed by atoms with Crippen LogP contribution in [0.15, 0.2) is 12.1 Å². The molecular weight excluding hydrogens is 262 g/mol. The van der Waals surface area contributed by atoms with Crippen molar-refractivity contribution in [2.45, 2.75) is 52.7 Å². The summed E-state index contributed by atoms with van der Waals surface area (Å²) in [4.78, 5) is 7.22. The van der Waals surface area contributed by atoms with E-state index >= 15 is 0 Å². The van der Waals surface area contributed by atoms with Crippen LogP contribution in [0.1, 0.15) is 44.9 Å². The maximum atomic E-state index is 5.73. The molecule has 1 saturated heterocycles. The molecule has 0 aromatic carbocycles. The summed E-state index contributed by atoms with van der Waals surface area (Å²) in [5, 5.41) is 3.40. The number of rotatable bonds is 7. The minimum Gasteiger partial charge on any atom is -0.378 e. The Morgan fingerprint density at radius 2 is 2.00 bits per heavy atom. The van der Waals surface area contributed by atoms with Crippen LogP contribution in [0.3, 0.4) is 0 Å². The van der Waals surface area contributed by atoms with E-state index in [1.54, 1.807) is 0 Å². The number of hydrogen-bond donors (Lipinski definition) is 1. The Kier molecular flexibility index (Phi) is 6.46. The Hall–Kier alpha value is -1.13. The third kappa shape index (κ3) is 4.68. The normalized spacial score (nSPS) is 16.4. The Labute approximate surface area is 128 Å². The van der Waals surface area contributed by atoms with Crippen molar-refractivity contribution in [1.29, 1.82) is 0 Å². The molecule has 0 amide bonds. The maximum Gasteiger partial charge on any atom is 0.129 e. The number of aromatic nitrogens is 1. The molecule has 0 aliphatic carbocycles. The second-order valence-electron chi connectivity index (χ2n) is 5.60. The zero-order valence-corrected chi connectivity index (χ0v) is 13.7. The van der Waals surface area contributed by atoms with Crippen LogP contribution in [0.5, 0.6) is 0 Å². The molecule has 1 aliphatic heterocycles. The van der Waals surface area contributed by atoms with Crippen LogP contribution in [0.4, 0.5) is 5.82 Å². The monoisotopic (exact) mass is 291 g/mol. The zero-order valence-electron chi connectivity index (χ0n) is 13.7. The molecule has 0 saturated carbocycles. The lowest BCUT2D eigenvalue weighted by Gasteiger charge is -2.33. The molecule has 0 spiro atoms. The standard InChI is InChI=1S/C17H29N3O/c1-4-15-11-14(13-18-5-2)12-17(19-15)20-9-7-16(8-10-20)21-6-3/h11-12,16,18H,4-10,13H2,1-3H3. The van der Waals surface area contributed by atoms with E-state index in [9.17, 15) is 0 Å². The van der Waals surface area contributed by atoms with Gasteiger partial charge in [-0.2, -0.15) is 0 Å². The minimum atomic E-state index is 0.432. The summed E-state index contributed by atoms with van der Waals surface area (Å²) >= 11 is 0. The van der Waals surface area contributed by atoms with Gasteiger partial charge in [-0.05, 0) is 50.4 Å². The summed E-state index contributed by atoms with van der Waals surface area (Å²) in [5.41, 5.74) is 2.53. The van der Waals surface area contributed by atoms with Crippen LogP contribution in [0.25, 0.3) is 0 Å². The van der Waals surface area contributed by atoms with Crippen molar-refractivity contribution < 1.29 is 4.74 Å². The van der Waals surface area contributed by atoms with Crippen molar-refractivity contribution in [3.05, 3.63) is 23.4 Å². The van der Waals surface area contributed by atoms with Gasteiger partial charge in [0.1, 0.15) is 5.82 Å². The molecule has 1 aromatic rings.